The van der Waals surface area contributed by atoms with Crippen LogP contribution in [0.15, 0.2) is 12.4 Å². The topological polar surface area (TPSA) is 29.0 Å². The van der Waals surface area contributed by atoms with Gasteiger partial charge in [-0.2, -0.15) is 0 Å². The van der Waals surface area contributed by atoms with Crippen molar-refractivity contribution in [3.05, 3.63) is 24.9 Å². The highest BCUT2D eigenvalue weighted by Gasteiger charge is 2.17. The maximum Gasteiger partial charge on any atom is 0.225 e. The zero-order chi connectivity index (χ0) is 10.7. The molecule has 0 amide bonds. The van der Waals surface area contributed by atoms with E-state index in [-0.39, 0.29) is 0 Å². The van der Waals surface area contributed by atoms with Gasteiger partial charge >= 0.3 is 0 Å². The Morgan fingerprint density at radius 3 is 2.47 bits per heavy atom. The molecule has 1 radical (unpaired) electrons. The van der Waals surface area contributed by atoms with Gasteiger partial charge in [0.1, 0.15) is 0 Å². The van der Waals surface area contributed by atoms with Crippen LogP contribution in [0.2, 0.25) is 0 Å². The SMILES string of the molecule is [CH2]C1CCN(c2ncc(CC)cn2)CC1. The monoisotopic (exact) mass is 204 g/mol. The van der Waals surface area contributed by atoms with Crippen LogP contribution in [0.25, 0.3) is 0 Å². The van der Waals surface area contributed by atoms with E-state index in [1.165, 1.54) is 5.56 Å². The van der Waals surface area contributed by atoms with Crippen molar-refractivity contribution in [2.45, 2.75) is 26.2 Å². The third-order valence-electron chi connectivity index (χ3n) is 3.00. The first-order chi connectivity index (χ1) is 7.29. The third kappa shape index (κ3) is 2.46. The summed E-state index contributed by atoms with van der Waals surface area (Å²) in [7, 11) is 0. The lowest BCUT2D eigenvalue weighted by Gasteiger charge is -2.30. The molecule has 0 bridgehead atoms. The molecule has 1 fully saturated rings. The summed E-state index contributed by atoms with van der Waals surface area (Å²) in [5, 5.41) is 0. The van der Waals surface area contributed by atoms with Crippen molar-refractivity contribution in [3.8, 4) is 0 Å². The van der Waals surface area contributed by atoms with Gasteiger partial charge in [0.15, 0.2) is 0 Å². The minimum atomic E-state index is 0.608. The van der Waals surface area contributed by atoms with Crippen molar-refractivity contribution in [1.29, 1.82) is 0 Å². The summed E-state index contributed by atoms with van der Waals surface area (Å²) in [6.45, 7) is 8.29. The lowest BCUT2D eigenvalue weighted by atomic mass is 10.00. The molecule has 2 rings (SSSR count). The lowest BCUT2D eigenvalue weighted by Crippen LogP contribution is -2.34. The van der Waals surface area contributed by atoms with Crippen LogP contribution in [-0.2, 0) is 6.42 Å². The molecular weight excluding hydrogens is 186 g/mol. The number of aromatic nitrogens is 2. The van der Waals surface area contributed by atoms with Crippen molar-refractivity contribution >= 4 is 5.95 Å². The van der Waals surface area contributed by atoms with E-state index in [0.717, 1.165) is 38.3 Å². The molecule has 0 unspecified atom stereocenters. The zero-order valence-electron chi connectivity index (χ0n) is 9.32. The predicted molar refractivity (Wildman–Crippen MR) is 61.7 cm³/mol. The molecule has 1 aliphatic heterocycles. The second kappa shape index (κ2) is 4.60. The van der Waals surface area contributed by atoms with Gasteiger partial charge in [0.25, 0.3) is 0 Å². The molecule has 81 valence electrons. The highest BCUT2D eigenvalue weighted by Crippen LogP contribution is 2.19. The number of piperidine rings is 1. The first-order valence-electron chi connectivity index (χ1n) is 5.68. The molecule has 3 nitrogen and oxygen atoms in total. The molecule has 1 saturated heterocycles. The molecule has 3 heteroatoms. The number of hydrogen-bond donors (Lipinski definition) is 0. The van der Waals surface area contributed by atoms with Crippen LogP contribution in [-0.4, -0.2) is 23.1 Å². The molecule has 1 aromatic heterocycles. The fourth-order valence-corrected chi connectivity index (χ4v) is 1.83. The summed E-state index contributed by atoms with van der Waals surface area (Å²) in [6.07, 6.45) is 7.16. The maximum absolute atomic E-state index is 4.39. The first-order valence-corrected chi connectivity index (χ1v) is 5.68. The minimum absolute atomic E-state index is 0.608. The van der Waals surface area contributed by atoms with Crippen LogP contribution in [0.4, 0.5) is 5.95 Å². The van der Waals surface area contributed by atoms with E-state index in [1.807, 2.05) is 12.4 Å². The first kappa shape index (κ1) is 10.4. The van der Waals surface area contributed by atoms with Gasteiger partial charge in [-0.05, 0) is 30.7 Å². The van der Waals surface area contributed by atoms with Crippen LogP contribution >= 0.6 is 0 Å². The lowest BCUT2D eigenvalue weighted by molar-refractivity contribution is 0.470. The highest BCUT2D eigenvalue weighted by atomic mass is 15.2. The van der Waals surface area contributed by atoms with Gasteiger partial charge in [-0.25, -0.2) is 9.97 Å². The van der Waals surface area contributed by atoms with E-state index in [4.69, 9.17) is 0 Å². The Hall–Kier alpha value is -1.12. The number of aryl methyl sites for hydroxylation is 1. The van der Waals surface area contributed by atoms with Gasteiger partial charge in [0.05, 0.1) is 0 Å². The molecule has 2 heterocycles. The van der Waals surface area contributed by atoms with E-state index >= 15 is 0 Å². The van der Waals surface area contributed by atoms with Crippen molar-refractivity contribution in [2.24, 2.45) is 5.92 Å². The minimum Gasteiger partial charge on any atom is -0.341 e. The normalized spacial score (nSPS) is 18.1. The second-order valence-electron chi connectivity index (χ2n) is 4.18. The Morgan fingerprint density at radius 1 is 1.33 bits per heavy atom. The summed E-state index contributed by atoms with van der Waals surface area (Å²) in [6, 6.07) is 0. The largest absolute Gasteiger partial charge is 0.341 e. The summed E-state index contributed by atoms with van der Waals surface area (Å²) >= 11 is 0. The molecule has 1 aromatic rings. The van der Waals surface area contributed by atoms with Crippen LogP contribution in [0.3, 0.4) is 0 Å². The number of nitrogens with zero attached hydrogens (tertiary/aromatic N) is 3. The smallest absolute Gasteiger partial charge is 0.225 e. The number of anilines is 1. The van der Waals surface area contributed by atoms with Gasteiger partial charge in [-0.15, -0.1) is 0 Å². The fraction of sp³-hybridized carbons (Fsp3) is 0.583. The third-order valence-corrected chi connectivity index (χ3v) is 3.00. The van der Waals surface area contributed by atoms with E-state index in [0.29, 0.717) is 5.92 Å². The summed E-state index contributed by atoms with van der Waals surface area (Å²) in [5.74, 6) is 1.48. The number of rotatable bonds is 2. The van der Waals surface area contributed by atoms with Crippen molar-refractivity contribution in [2.75, 3.05) is 18.0 Å². The molecule has 15 heavy (non-hydrogen) atoms. The van der Waals surface area contributed by atoms with Crippen molar-refractivity contribution < 1.29 is 0 Å². The van der Waals surface area contributed by atoms with Gasteiger partial charge in [-0.3, -0.25) is 0 Å². The number of hydrogen-bond acceptors (Lipinski definition) is 3. The molecule has 1 aliphatic rings. The van der Waals surface area contributed by atoms with E-state index in [2.05, 4.69) is 28.7 Å². The molecule has 0 aliphatic carbocycles. The van der Waals surface area contributed by atoms with Crippen LogP contribution < -0.4 is 4.90 Å². The quantitative estimate of drug-likeness (QED) is 0.738. The molecule has 0 spiro atoms. The summed E-state index contributed by atoms with van der Waals surface area (Å²) < 4.78 is 0. The molecule has 0 aromatic carbocycles. The van der Waals surface area contributed by atoms with Gasteiger partial charge in [-0.1, -0.05) is 13.8 Å². The molecular formula is C12H18N3. The van der Waals surface area contributed by atoms with Gasteiger partial charge in [0, 0.05) is 25.5 Å². The highest BCUT2D eigenvalue weighted by molar-refractivity contribution is 5.30. The van der Waals surface area contributed by atoms with Crippen LogP contribution in [0.1, 0.15) is 25.3 Å². The standard InChI is InChI=1S/C12H18N3/c1-3-11-8-13-12(14-9-11)15-6-4-10(2)5-7-15/h8-10H,2-7H2,1H3. The molecule has 0 atom stereocenters. The predicted octanol–water partition coefficient (Wildman–Crippen LogP) is 2.09. The summed E-state index contributed by atoms with van der Waals surface area (Å²) in [5.41, 5.74) is 1.20. The Bertz CT molecular complexity index is 299. The van der Waals surface area contributed by atoms with E-state index in [9.17, 15) is 0 Å². The van der Waals surface area contributed by atoms with Gasteiger partial charge in [0.2, 0.25) is 5.95 Å². The average molecular weight is 204 g/mol. The van der Waals surface area contributed by atoms with Crippen molar-refractivity contribution in [1.82, 2.24) is 9.97 Å². The maximum atomic E-state index is 4.39. The Balaban J connectivity index is 2.03. The Labute approximate surface area is 91.5 Å². The van der Waals surface area contributed by atoms with E-state index in [1.54, 1.807) is 0 Å². The molecule has 0 saturated carbocycles. The average Bonchev–Trinajstić information content (AvgIpc) is 2.30. The zero-order valence-corrected chi connectivity index (χ0v) is 9.32. The Kier molecular flexibility index (Phi) is 3.19. The van der Waals surface area contributed by atoms with Crippen LogP contribution in [0.5, 0.6) is 0 Å². The Morgan fingerprint density at radius 2 is 1.93 bits per heavy atom. The van der Waals surface area contributed by atoms with E-state index < -0.39 is 0 Å². The summed E-state index contributed by atoms with van der Waals surface area (Å²) in [4.78, 5) is 11.0. The van der Waals surface area contributed by atoms with Crippen molar-refractivity contribution in [3.63, 3.8) is 0 Å². The van der Waals surface area contributed by atoms with Crippen LogP contribution in [0, 0.1) is 12.8 Å². The van der Waals surface area contributed by atoms with Gasteiger partial charge < -0.3 is 4.90 Å². The molecule has 0 N–H and O–H groups in total. The fourth-order valence-electron chi connectivity index (χ4n) is 1.83. The second-order valence-corrected chi connectivity index (χ2v) is 4.18.